The first-order chi connectivity index (χ1) is 7.13. The minimum atomic E-state index is 0.229. The largest absolute Gasteiger partial charge is 0.465 e. The molecule has 3 heteroatoms. The Kier molecular flexibility index (Phi) is 4.85. The molecular formula is C12H21NO2. The summed E-state index contributed by atoms with van der Waals surface area (Å²) in [5.74, 6) is 1.92. The van der Waals surface area contributed by atoms with E-state index in [2.05, 4.69) is 19.2 Å². The zero-order chi connectivity index (χ0) is 11.3. The second-order valence-corrected chi connectivity index (χ2v) is 4.10. The average molecular weight is 211 g/mol. The Labute approximate surface area is 91.5 Å². The highest BCUT2D eigenvalue weighted by Crippen LogP contribution is 2.16. The quantitative estimate of drug-likeness (QED) is 0.759. The van der Waals surface area contributed by atoms with Crippen molar-refractivity contribution in [2.45, 2.75) is 45.7 Å². The summed E-state index contributed by atoms with van der Waals surface area (Å²) in [7, 11) is 0. The van der Waals surface area contributed by atoms with Crippen molar-refractivity contribution in [3.8, 4) is 0 Å². The maximum Gasteiger partial charge on any atom is 0.120 e. The van der Waals surface area contributed by atoms with Gasteiger partial charge in [-0.1, -0.05) is 0 Å². The Morgan fingerprint density at radius 1 is 1.40 bits per heavy atom. The van der Waals surface area contributed by atoms with Crippen molar-refractivity contribution in [3.05, 3.63) is 23.7 Å². The second-order valence-electron chi connectivity index (χ2n) is 4.10. The third-order valence-electron chi connectivity index (χ3n) is 2.52. The number of aliphatic hydroxyl groups excluding tert-OH is 1. The van der Waals surface area contributed by atoms with Gasteiger partial charge in [0.05, 0.1) is 6.04 Å². The molecule has 2 N–H and O–H groups in total. The predicted octanol–water partition coefficient (Wildman–Crippen LogP) is 2.40. The van der Waals surface area contributed by atoms with Gasteiger partial charge in [0.25, 0.3) is 0 Å². The van der Waals surface area contributed by atoms with Crippen LogP contribution in [0.2, 0.25) is 0 Å². The number of aliphatic hydroxyl groups is 1. The molecule has 86 valence electrons. The number of nitrogens with one attached hydrogen (secondary N) is 1. The molecule has 15 heavy (non-hydrogen) atoms. The molecule has 0 aromatic carbocycles. The van der Waals surface area contributed by atoms with E-state index in [4.69, 9.17) is 9.52 Å². The summed E-state index contributed by atoms with van der Waals surface area (Å²) in [6, 6.07) is 4.61. The van der Waals surface area contributed by atoms with Crippen molar-refractivity contribution in [1.29, 1.82) is 0 Å². The Balaban J connectivity index is 2.38. The maximum atomic E-state index is 8.72. The van der Waals surface area contributed by atoms with Gasteiger partial charge in [0.2, 0.25) is 0 Å². The van der Waals surface area contributed by atoms with Gasteiger partial charge in [-0.3, -0.25) is 0 Å². The highest BCUT2D eigenvalue weighted by Gasteiger charge is 2.11. The van der Waals surface area contributed by atoms with Gasteiger partial charge < -0.3 is 14.8 Å². The first-order valence-electron chi connectivity index (χ1n) is 5.56. The van der Waals surface area contributed by atoms with Gasteiger partial charge in [0.1, 0.15) is 11.5 Å². The fourth-order valence-corrected chi connectivity index (χ4v) is 1.68. The third kappa shape index (κ3) is 4.06. The van der Waals surface area contributed by atoms with Crippen LogP contribution < -0.4 is 5.32 Å². The molecule has 0 radical (unpaired) electrons. The molecule has 0 fully saturated rings. The first-order valence-corrected chi connectivity index (χ1v) is 5.56. The van der Waals surface area contributed by atoms with Gasteiger partial charge in [-0.15, -0.1) is 0 Å². The molecule has 1 heterocycles. The van der Waals surface area contributed by atoms with Crippen molar-refractivity contribution >= 4 is 0 Å². The van der Waals surface area contributed by atoms with E-state index in [0.717, 1.165) is 24.4 Å². The highest BCUT2D eigenvalue weighted by atomic mass is 16.3. The number of rotatable bonds is 6. The summed E-state index contributed by atoms with van der Waals surface area (Å²) in [4.78, 5) is 0. The van der Waals surface area contributed by atoms with Crippen molar-refractivity contribution < 1.29 is 9.52 Å². The van der Waals surface area contributed by atoms with E-state index in [1.54, 1.807) is 0 Å². The summed E-state index contributed by atoms with van der Waals surface area (Å²) < 4.78 is 5.54. The van der Waals surface area contributed by atoms with Crippen LogP contribution in [-0.4, -0.2) is 17.8 Å². The smallest absolute Gasteiger partial charge is 0.120 e. The van der Waals surface area contributed by atoms with E-state index in [1.165, 1.54) is 0 Å². The Morgan fingerprint density at radius 3 is 2.67 bits per heavy atom. The van der Waals surface area contributed by atoms with E-state index in [1.807, 2.05) is 19.1 Å². The lowest BCUT2D eigenvalue weighted by Gasteiger charge is -2.18. The molecule has 0 spiro atoms. The fourth-order valence-electron chi connectivity index (χ4n) is 1.68. The zero-order valence-electron chi connectivity index (χ0n) is 9.79. The molecule has 0 bridgehead atoms. The van der Waals surface area contributed by atoms with Gasteiger partial charge in [-0.25, -0.2) is 0 Å². The molecule has 0 amide bonds. The molecule has 0 saturated heterocycles. The van der Waals surface area contributed by atoms with E-state index in [0.29, 0.717) is 6.04 Å². The van der Waals surface area contributed by atoms with Crippen molar-refractivity contribution in [3.63, 3.8) is 0 Å². The van der Waals surface area contributed by atoms with E-state index >= 15 is 0 Å². The van der Waals surface area contributed by atoms with Crippen molar-refractivity contribution in [2.24, 2.45) is 0 Å². The molecule has 3 nitrogen and oxygen atoms in total. The topological polar surface area (TPSA) is 45.4 Å². The van der Waals surface area contributed by atoms with E-state index in [-0.39, 0.29) is 12.6 Å². The van der Waals surface area contributed by atoms with Crippen LogP contribution in [0.5, 0.6) is 0 Å². The lowest BCUT2D eigenvalue weighted by atomic mass is 10.1. The van der Waals surface area contributed by atoms with Crippen LogP contribution in [0.1, 0.15) is 44.3 Å². The monoisotopic (exact) mass is 211 g/mol. The van der Waals surface area contributed by atoms with Gasteiger partial charge in [0.15, 0.2) is 0 Å². The van der Waals surface area contributed by atoms with Crippen molar-refractivity contribution in [2.75, 3.05) is 6.61 Å². The zero-order valence-corrected chi connectivity index (χ0v) is 9.79. The molecular weight excluding hydrogens is 190 g/mol. The van der Waals surface area contributed by atoms with Gasteiger partial charge in [-0.2, -0.15) is 0 Å². The minimum Gasteiger partial charge on any atom is -0.465 e. The molecule has 2 atom stereocenters. The normalized spacial score (nSPS) is 15.2. The lowest BCUT2D eigenvalue weighted by molar-refractivity contribution is 0.272. The Hall–Kier alpha value is -0.800. The minimum absolute atomic E-state index is 0.229. The fraction of sp³-hybridized carbons (Fsp3) is 0.667. The van der Waals surface area contributed by atoms with Crippen LogP contribution in [-0.2, 0) is 0 Å². The van der Waals surface area contributed by atoms with Gasteiger partial charge >= 0.3 is 0 Å². The van der Waals surface area contributed by atoms with E-state index < -0.39 is 0 Å². The van der Waals surface area contributed by atoms with Crippen LogP contribution in [0.25, 0.3) is 0 Å². The maximum absolute atomic E-state index is 8.72. The highest BCUT2D eigenvalue weighted by molar-refractivity contribution is 5.08. The third-order valence-corrected chi connectivity index (χ3v) is 2.52. The second kappa shape index (κ2) is 5.93. The molecule has 1 rings (SSSR count). The van der Waals surface area contributed by atoms with Crippen LogP contribution >= 0.6 is 0 Å². The number of aryl methyl sites for hydroxylation is 1. The standard InChI is InChI=1S/C12H21NO2/c1-9(5-4-8-14)13-11(3)12-7-6-10(2)15-12/h6-7,9,11,13-14H,4-5,8H2,1-3H3/t9-,11+/m0/s1. The van der Waals surface area contributed by atoms with Crippen molar-refractivity contribution in [1.82, 2.24) is 5.32 Å². The molecule has 0 aliphatic rings. The number of furan rings is 1. The van der Waals surface area contributed by atoms with Crippen LogP contribution in [0.15, 0.2) is 16.5 Å². The SMILES string of the molecule is Cc1ccc([C@@H](C)N[C@@H](C)CCCO)o1. The lowest BCUT2D eigenvalue weighted by Crippen LogP contribution is -2.28. The first kappa shape index (κ1) is 12.3. The summed E-state index contributed by atoms with van der Waals surface area (Å²) in [6.07, 6.45) is 1.83. The number of hydrogen-bond donors (Lipinski definition) is 2. The van der Waals surface area contributed by atoms with Crippen LogP contribution in [0.3, 0.4) is 0 Å². The Bertz CT molecular complexity index is 283. The summed E-state index contributed by atoms with van der Waals surface area (Å²) in [5, 5.41) is 12.2. The predicted molar refractivity (Wildman–Crippen MR) is 60.8 cm³/mol. The van der Waals surface area contributed by atoms with Crippen LogP contribution in [0, 0.1) is 6.92 Å². The molecule has 1 aromatic rings. The molecule has 0 saturated carbocycles. The summed E-state index contributed by atoms with van der Waals surface area (Å²) >= 11 is 0. The molecule has 0 aliphatic carbocycles. The Morgan fingerprint density at radius 2 is 2.13 bits per heavy atom. The molecule has 0 unspecified atom stereocenters. The van der Waals surface area contributed by atoms with Gasteiger partial charge in [0, 0.05) is 12.6 Å². The van der Waals surface area contributed by atoms with Crippen LogP contribution in [0.4, 0.5) is 0 Å². The summed E-state index contributed by atoms with van der Waals surface area (Å²) in [6.45, 7) is 6.43. The molecule has 0 aliphatic heterocycles. The average Bonchev–Trinajstić information content (AvgIpc) is 2.61. The van der Waals surface area contributed by atoms with Gasteiger partial charge in [-0.05, 0) is 45.7 Å². The summed E-state index contributed by atoms with van der Waals surface area (Å²) in [5.41, 5.74) is 0. The molecule has 1 aromatic heterocycles. The number of hydrogen-bond acceptors (Lipinski definition) is 3. The van der Waals surface area contributed by atoms with E-state index in [9.17, 15) is 0 Å².